The highest BCUT2D eigenvalue weighted by Gasteiger charge is 2.70. The Morgan fingerprint density at radius 2 is 1.56 bits per heavy atom. The molecular formula is C30H46O4. The number of hydrogen-bond donors (Lipinski definition) is 2. The van der Waals surface area contributed by atoms with E-state index in [1.165, 1.54) is 5.57 Å². The highest BCUT2D eigenvalue weighted by atomic mass is 16.4. The minimum atomic E-state index is -0.711. The van der Waals surface area contributed by atoms with Crippen molar-refractivity contribution in [2.24, 2.45) is 50.2 Å². The highest BCUT2D eigenvalue weighted by molar-refractivity contribution is 5.95. The van der Waals surface area contributed by atoms with Gasteiger partial charge >= 0.3 is 5.97 Å². The summed E-state index contributed by atoms with van der Waals surface area (Å²) in [5.41, 5.74) is 0.142. The van der Waals surface area contributed by atoms with Crippen molar-refractivity contribution in [1.29, 1.82) is 0 Å². The lowest BCUT2D eigenvalue weighted by atomic mass is 9.33. The molecular weight excluding hydrogens is 424 g/mol. The molecule has 0 saturated heterocycles. The largest absolute Gasteiger partial charge is 0.481 e. The summed E-state index contributed by atoms with van der Waals surface area (Å²) >= 11 is 0. The predicted molar refractivity (Wildman–Crippen MR) is 133 cm³/mol. The molecule has 4 heteroatoms. The van der Waals surface area contributed by atoms with Gasteiger partial charge in [-0.3, -0.25) is 9.59 Å². The molecule has 4 nitrogen and oxygen atoms in total. The van der Waals surface area contributed by atoms with Crippen LogP contribution in [0.3, 0.4) is 0 Å². The Labute approximate surface area is 206 Å². The number of hydrogen-bond acceptors (Lipinski definition) is 3. The number of fused-ring (bicyclic) bond motifs is 7. The molecule has 4 fully saturated rings. The molecule has 0 unspecified atom stereocenters. The van der Waals surface area contributed by atoms with Crippen LogP contribution >= 0.6 is 0 Å². The van der Waals surface area contributed by atoms with Gasteiger partial charge in [0.15, 0.2) is 5.78 Å². The number of aliphatic hydroxyl groups is 1. The van der Waals surface area contributed by atoms with Gasteiger partial charge < -0.3 is 10.2 Å². The number of aliphatic carboxylic acids is 1. The summed E-state index contributed by atoms with van der Waals surface area (Å²) in [6.07, 6.45) is 9.95. The van der Waals surface area contributed by atoms with E-state index in [1.807, 2.05) is 13.0 Å². The number of carboxylic acids is 1. The van der Waals surface area contributed by atoms with Crippen LogP contribution in [0.15, 0.2) is 11.6 Å². The number of ketones is 1. The Bertz CT molecular complexity index is 965. The number of aliphatic hydroxyl groups excluding tert-OH is 1. The molecule has 0 aromatic rings. The molecule has 0 aliphatic heterocycles. The first-order valence-corrected chi connectivity index (χ1v) is 13.7. The second-order valence-electron chi connectivity index (χ2n) is 14.9. The average molecular weight is 471 g/mol. The zero-order valence-electron chi connectivity index (χ0n) is 22.5. The van der Waals surface area contributed by atoms with Crippen molar-refractivity contribution in [1.82, 2.24) is 0 Å². The van der Waals surface area contributed by atoms with Crippen LogP contribution in [0.5, 0.6) is 0 Å². The van der Waals surface area contributed by atoms with Crippen LogP contribution in [0.4, 0.5) is 0 Å². The first kappa shape index (κ1) is 24.5. The fraction of sp³-hybridized carbons (Fsp3) is 0.867. The van der Waals surface area contributed by atoms with E-state index in [0.717, 1.165) is 51.4 Å². The van der Waals surface area contributed by atoms with E-state index in [9.17, 15) is 19.8 Å². The molecule has 190 valence electrons. The predicted octanol–water partition coefficient (Wildman–Crippen LogP) is 6.41. The van der Waals surface area contributed by atoms with Gasteiger partial charge in [-0.05, 0) is 110 Å². The van der Waals surface area contributed by atoms with Gasteiger partial charge in [0, 0.05) is 5.92 Å². The third-order valence-electron chi connectivity index (χ3n) is 13.1. The van der Waals surface area contributed by atoms with E-state index in [-0.39, 0.29) is 50.8 Å². The monoisotopic (exact) mass is 470 g/mol. The first-order chi connectivity index (χ1) is 15.6. The maximum atomic E-state index is 14.2. The van der Waals surface area contributed by atoms with Crippen molar-refractivity contribution in [3.8, 4) is 0 Å². The van der Waals surface area contributed by atoms with Gasteiger partial charge in [0.05, 0.1) is 11.5 Å². The SMILES string of the molecule is CC1(C)[C@H]2CC[C@@]3(C)[C@H](C(=O)C=C4[C@@H]5C[C@](C)(C(=O)O)CC[C@@]5(C)CC[C@]43C)[C@@]2(C)CC[C@@H]1O. The van der Waals surface area contributed by atoms with Gasteiger partial charge in [-0.25, -0.2) is 0 Å². The minimum absolute atomic E-state index is 0.0296. The maximum Gasteiger partial charge on any atom is 0.309 e. The Hall–Kier alpha value is -1.16. The molecule has 0 bridgehead atoms. The number of allylic oxidation sites excluding steroid dienone is 2. The van der Waals surface area contributed by atoms with Crippen LogP contribution in [-0.2, 0) is 9.59 Å². The van der Waals surface area contributed by atoms with Crippen molar-refractivity contribution in [2.45, 2.75) is 112 Å². The van der Waals surface area contributed by atoms with Crippen molar-refractivity contribution < 1.29 is 19.8 Å². The van der Waals surface area contributed by atoms with Gasteiger partial charge in [0.1, 0.15) is 0 Å². The molecule has 5 rings (SSSR count). The normalized spacial score (nSPS) is 54.1. The Morgan fingerprint density at radius 1 is 0.912 bits per heavy atom. The number of carbonyl (C=O) groups is 2. The summed E-state index contributed by atoms with van der Waals surface area (Å²) in [6.45, 7) is 15.8. The van der Waals surface area contributed by atoms with Crippen molar-refractivity contribution in [3.05, 3.63) is 11.6 Å². The van der Waals surface area contributed by atoms with Crippen LogP contribution in [0, 0.1) is 50.2 Å². The zero-order chi connectivity index (χ0) is 25.1. The lowest BCUT2D eigenvalue weighted by molar-refractivity contribution is -0.202. The van der Waals surface area contributed by atoms with Crippen molar-refractivity contribution in [3.63, 3.8) is 0 Å². The molecule has 0 amide bonds. The summed E-state index contributed by atoms with van der Waals surface area (Å²) < 4.78 is 0. The van der Waals surface area contributed by atoms with Gasteiger partial charge in [-0.1, -0.05) is 47.1 Å². The molecule has 0 spiro atoms. The van der Waals surface area contributed by atoms with Crippen LogP contribution in [0.2, 0.25) is 0 Å². The van der Waals surface area contributed by atoms with Gasteiger partial charge in [0.2, 0.25) is 0 Å². The third-order valence-corrected chi connectivity index (χ3v) is 13.1. The summed E-state index contributed by atoms with van der Waals surface area (Å²) in [6, 6.07) is 0. The Balaban J connectivity index is 1.62. The first-order valence-electron chi connectivity index (χ1n) is 13.7. The standard InChI is InChI=1S/C30H46O4/c1-25(2)21-8-11-30(7)23(28(21,5)10-9-22(25)32)20(31)16-18-19-17-27(4,24(33)34)13-12-26(19,3)14-15-29(18,30)6/h16,19,21-23,32H,8-15,17H2,1-7H3,(H,33,34)/t19-,21+,22-,23+,26-,27+,28-,29+,30-/m0/s1. The van der Waals surface area contributed by atoms with E-state index < -0.39 is 11.4 Å². The van der Waals surface area contributed by atoms with Gasteiger partial charge in [-0.2, -0.15) is 0 Å². The van der Waals surface area contributed by atoms with Gasteiger partial charge in [-0.15, -0.1) is 0 Å². The minimum Gasteiger partial charge on any atom is -0.481 e. The quantitative estimate of drug-likeness (QED) is 0.464. The molecule has 0 aromatic heterocycles. The fourth-order valence-corrected chi connectivity index (χ4v) is 10.4. The average Bonchev–Trinajstić information content (AvgIpc) is 2.73. The lowest BCUT2D eigenvalue weighted by Gasteiger charge is -2.70. The molecule has 0 radical (unpaired) electrons. The van der Waals surface area contributed by atoms with Crippen molar-refractivity contribution >= 4 is 11.8 Å². The number of rotatable bonds is 1. The number of carboxylic acid groups (broad SMARTS) is 1. The molecule has 5 aliphatic carbocycles. The topological polar surface area (TPSA) is 74.6 Å². The Kier molecular flexibility index (Phi) is 5.04. The second-order valence-corrected chi connectivity index (χ2v) is 14.9. The van der Waals surface area contributed by atoms with E-state index in [1.54, 1.807) is 0 Å². The Morgan fingerprint density at radius 3 is 2.21 bits per heavy atom. The molecule has 9 atom stereocenters. The van der Waals surface area contributed by atoms with E-state index in [2.05, 4.69) is 41.5 Å². The second kappa shape index (κ2) is 6.99. The number of carbonyl (C=O) groups excluding carboxylic acids is 1. The highest BCUT2D eigenvalue weighted by Crippen LogP contribution is 2.75. The summed E-state index contributed by atoms with van der Waals surface area (Å²) in [4.78, 5) is 26.4. The summed E-state index contributed by atoms with van der Waals surface area (Å²) in [5, 5.41) is 20.9. The van der Waals surface area contributed by atoms with E-state index in [0.29, 0.717) is 12.3 Å². The summed E-state index contributed by atoms with van der Waals surface area (Å²) in [7, 11) is 0. The molecule has 0 heterocycles. The smallest absolute Gasteiger partial charge is 0.309 e. The van der Waals surface area contributed by atoms with Crippen LogP contribution < -0.4 is 0 Å². The van der Waals surface area contributed by atoms with Crippen LogP contribution in [0.1, 0.15) is 106 Å². The molecule has 5 aliphatic rings. The van der Waals surface area contributed by atoms with Crippen LogP contribution in [-0.4, -0.2) is 28.1 Å². The fourth-order valence-electron chi connectivity index (χ4n) is 10.4. The third kappa shape index (κ3) is 2.81. The molecule has 0 aromatic carbocycles. The molecule has 2 N–H and O–H groups in total. The lowest BCUT2D eigenvalue weighted by Crippen LogP contribution is -2.66. The zero-order valence-corrected chi connectivity index (χ0v) is 22.5. The van der Waals surface area contributed by atoms with Gasteiger partial charge in [0.25, 0.3) is 0 Å². The molecule has 34 heavy (non-hydrogen) atoms. The maximum absolute atomic E-state index is 14.2. The van der Waals surface area contributed by atoms with Crippen LogP contribution in [0.25, 0.3) is 0 Å². The summed E-state index contributed by atoms with van der Waals surface area (Å²) in [5.74, 6) is 0.0603. The molecule has 4 saturated carbocycles. The van der Waals surface area contributed by atoms with E-state index in [4.69, 9.17) is 0 Å². The van der Waals surface area contributed by atoms with Crippen molar-refractivity contribution in [2.75, 3.05) is 0 Å². The van der Waals surface area contributed by atoms with E-state index >= 15 is 0 Å².